The number of fused-ring (bicyclic) bond motifs is 1. The van der Waals surface area contributed by atoms with Crippen LogP contribution < -0.4 is 10.1 Å². The van der Waals surface area contributed by atoms with Gasteiger partial charge in [0.1, 0.15) is 0 Å². The first-order valence-electron chi connectivity index (χ1n) is 9.51. The molecule has 0 unspecified atom stereocenters. The molecule has 0 saturated heterocycles. The molecule has 2 heterocycles. The van der Waals surface area contributed by atoms with Gasteiger partial charge in [-0.25, -0.2) is 9.97 Å². The first-order valence-corrected chi connectivity index (χ1v) is 9.51. The zero-order valence-corrected chi connectivity index (χ0v) is 15.8. The van der Waals surface area contributed by atoms with Crippen LogP contribution in [0.15, 0.2) is 48.9 Å². The van der Waals surface area contributed by atoms with Gasteiger partial charge in [-0.05, 0) is 36.5 Å². The summed E-state index contributed by atoms with van der Waals surface area (Å²) in [6.07, 6.45) is 4.94. The lowest BCUT2D eigenvalue weighted by Crippen LogP contribution is -2.41. The molecule has 1 fully saturated rings. The fraction of sp³-hybridized carbons (Fsp3) is 0.381. The van der Waals surface area contributed by atoms with E-state index in [9.17, 15) is 9.90 Å². The third kappa shape index (κ3) is 3.84. The van der Waals surface area contributed by atoms with Crippen molar-refractivity contribution < 1.29 is 14.6 Å². The van der Waals surface area contributed by atoms with Gasteiger partial charge in [0.25, 0.3) is 0 Å². The van der Waals surface area contributed by atoms with Gasteiger partial charge in [-0.15, -0.1) is 0 Å². The Morgan fingerprint density at radius 1 is 1.29 bits per heavy atom. The molecule has 1 aliphatic rings. The Kier molecular flexibility index (Phi) is 5.25. The van der Waals surface area contributed by atoms with Crippen molar-refractivity contribution >= 4 is 16.9 Å². The third-order valence-corrected chi connectivity index (χ3v) is 5.37. The van der Waals surface area contributed by atoms with Crippen LogP contribution in [0.25, 0.3) is 11.0 Å². The number of imidazole rings is 1. The Balaban J connectivity index is 1.43. The maximum Gasteiger partial charge on any atom is 0.222 e. The number of nitrogens with one attached hydrogen (secondary N) is 1. The summed E-state index contributed by atoms with van der Waals surface area (Å²) >= 11 is 0. The average Bonchev–Trinajstić information content (AvgIpc) is 3.12. The van der Waals surface area contributed by atoms with Crippen molar-refractivity contribution in [2.24, 2.45) is 5.92 Å². The molecule has 146 valence electrons. The number of rotatable bonds is 7. The van der Waals surface area contributed by atoms with Crippen LogP contribution in [0.4, 0.5) is 0 Å². The lowest BCUT2D eigenvalue weighted by Gasteiger charge is -2.38. The molecule has 2 aromatic heterocycles. The number of methoxy groups -OCH3 is 1. The van der Waals surface area contributed by atoms with Crippen molar-refractivity contribution in [3.05, 3.63) is 54.5 Å². The molecule has 1 atom stereocenters. The molecular formula is C21H24N4O3. The normalized spacial score (nSPS) is 19.8. The minimum absolute atomic E-state index is 0.0278. The summed E-state index contributed by atoms with van der Waals surface area (Å²) in [7, 11) is 1.57. The van der Waals surface area contributed by atoms with Crippen molar-refractivity contribution in [2.45, 2.75) is 38.0 Å². The number of carbonyl (C=O) groups is 1. The number of aliphatic hydroxyl groups excluding tert-OH is 1. The second-order valence-electron chi connectivity index (χ2n) is 7.24. The van der Waals surface area contributed by atoms with Crippen molar-refractivity contribution in [3.63, 3.8) is 0 Å². The molecular weight excluding hydrogens is 356 g/mol. The zero-order chi connectivity index (χ0) is 19.5. The molecule has 1 aromatic carbocycles. The number of nitrogens with zero attached hydrogens (tertiary/aromatic N) is 3. The predicted octanol–water partition coefficient (Wildman–Crippen LogP) is 2.46. The van der Waals surface area contributed by atoms with Gasteiger partial charge in [0.2, 0.25) is 11.8 Å². The minimum Gasteiger partial charge on any atom is -0.481 e. The van der Waals surface area contributed by atoms with Crippen molar-refractivity contribution in [3.8, 4) is 5.88 Å². The zero-order valence-electron chi connectivity index (χ0n) is 15.8. The smallest absolute Gasteiger partial charge is 0.222 e. The monoisotopic (exact) mass is 380 g/mol. The first kappa shape index (κ1) is 18.4. The molecule has 3 aromatic rings. The highest BCUT2D eigenvalue weighted by Crippen LogP contribution is 2.38. The number of aliphatic hydroxyl groups is 1. The molecule has 7 heteroatoms. The lowest BCUT2D eigenvalue weighted by molar-refractivity contribution is -0.123. The Bertz CT molecular complexity index is 948. The minimum atomic E-state index is -0.284. The van der Waals surface area contributed by atoms with E-state index in [-0.39, 0.29) is 24.0 Å². The number of benzene rings is 1. The Morgan fingerprint density at radius 3 is 2.82 bits per heavy atom. The predicted molar refractivity (Wildman–Crippen MR) is 105 cm³/mol. The van der Waals surface area contributed by atoms with Crippen LogP contribution in [0.2, 0.25) is 0 Å². The third-order valence-electron chi connectivity index (χ3n) is 5.37. The van der Waals surface area contributed by atoms with Crippen LogP contribution in [-0.4, -0.2) is 38.8 Å². The van der Waals surface area contributed by atoms with E-state index in [1.54, 1.807) is 25.7 Å². The van der Waals surface area contributed by atoms with Gasteiger partial charge in [0.05, 0.1) is 36.6 Å². The summed E-state index contributed by atoms with van der Waals surface area (Å²) in [4.78, 5) is 21.3. The van der Waals surface area contributed by atoms with Crippen LogP contribution >= 0.6 is 0 Å². The Hall–Kier alpha value is -2.93. The van der Waals surface area contributed by atoms with E-state index >= 15 is 0 Å². The molecule has 0 aliphatic heterocycles. The molecule has 0 spiro atoms. The van der Waals surface area contributed by atoms with E-state index in [1.165, 1.54) is 0 Å². The fourth-order valence-electron chi connectivity index (χ4n) is 3.73. The summed E-state index contributed by atoms with van der Waals surface area (Å²) in [6.45, 7) is 0.563. The molecule has 28 heavy (non-hydrogen) atoms. The number of amides is 1. The van der Waals surface area contributed by atoms with Gasteiger partial charge >= 0.3 is 0 Å². The van der Waals surface area contributed by atoms with E-state index in [0.717, 1.165) is 16.6 Å². The van der Waals surface area contributed by atoms with Gasteiger partial charge in [-0.2, -0.15) is 0 Å². The van der Waals surface area contributed by atoms with Gasteiger partial charge < -0.3 is 19.7 Å². The standard InChI is InChI=1S/C21H24N4O3/c1-28-20-7-6-14(12-22-20)21(15-10-16(26)11-15)24-19(27)8-9-25-13-23-17-4-2-3-5-18(17)25/h2-7,12-13,15-16,21,26H,8-11H2,1H3,(H,24,27)/t15?,16?,21-/m0/s1. The summed E-state index contributed by atoms with van der Waals surface area (Å²) in [5.41, 5.74) is 2.88. The number of aryl methyl sites for hydroxylation is 1. The van der Waals surface area contributed by atoms with Crippen LogP contribution in [0, 0.1) is 5.92 Å². The number of aromatic nitrogens is 3. The Morgan fingerprint density at radius 2 is 2.11 bits per heavy atom. The molecule has 1 aliphatic carbocycles. The maximum atomic E-state index is 12.7. The number of ether oxygens (including phenoxy) is 1. The van der Waals surface area contributed by atoms with Gasteiger partial charge in [0, 0.05) is 25.2 Å². The number of para-hydroxylation sites is 2. The molecule has 2 N–H and O–H groups in total. The topological polar surface area (TPSA) is 89.3 Å². The summed E-state index contributed by atoms with van der Waals surface area (Å²) in [6, 6.07) is 11.4. The molecule has 1 saturated carbocycles. The number of hydrogen-bond acceptors (Lipinski definition) is 5. The van der Waals surface area contributed by atoms with Crippen LogP contribution in [-0.2, 0) is 11.3 Å². The quantitative estimate of drug-likeness (QED) is 0.657. The number of hydrogen-bond donors (Lipinski definition) is 2. The Labute approximate surface area is 163 Å². The molecule has 0 bridgehead atoms. The average molecular weight is 380 g/mol. The molecule has 4 rings (SSSR count). The van der Waals surface area contributed by atoms with Crippen molar-refractivity contribution in [1.82, 2.24) is 19.9 Å². The number of carbonyl (C=O) groups excluding carboxylic acids is 1. The van der Waals surface area contributed by atoms with Crippen molar-refractivity contribution in [1.29, 1.82) is 0 Å². The van der Waals surface area contributed by atoms with E-state index in [1.807, 2.05) is 34.9 Å². The van der Waals surface area contributed by atoms with E-state index in [4.69, 9.17) is 4.74 Å². The molecule has 0 radical (unpaired) electrons. The lowest BCUT2D eigenvalue weighted by atomic mass is 9.75. The first-order chi connectivity index (χ1) is 13.6. The van der Waals surface area contributed by atoms with Crippen molar-refractivity contribution in [2.75, 3.05) is 7.11 Å². The largest absolute Gasteiger partial charge is 0.481 e. The van der Waals surface area contributed by atoms with Gasteiger partial charge in [-0.1, -0.05) is 18.2 Å². The van der Waals surface area contributed by atoms with Crippen LogP contribution in [0.5, 0.6) is 5.88 Å². The highest BCUT2D eigenvalue weighted by Gasteiger charge is 2.35. The van der Waals surface area contributed by atoms with Crippen LogP contribution in [0.3, 0.4) is 0 Å². The highest BCUT2D eigenvalue weighted by atomic mass is 16.5. The highest BCUT2D eigenvalue weighted by molar-refractivity contribution is 5.78. The fourth-order valence-corrected chi connectivity index (χ4v) is 3.73. The van der Waals surface area contributed by atoms with Crippen LogP contribution in [0.1, 0.15) is 30.9 Å². The van der Waals surface area contributed by atoms with E-state index in [2.05, 4.69) is 15.3 Å². The SMILES string of the molecule is COc1ccc([C@H](NC(=O)CCn2cnc3ccccc32)C2CC(O)C2)cn1. The van der Waals surface area contributed by atoms with Gasteiger partial charge in [-0.3, -0.25) is 4.79 Å². The second kappa shape index (κ2) is 7.98. The summed E-state index contributed by atoms with van der Waals surface area (Å²) < 4.78 is 7.11. The second-order valence-corrected chi connectivity index (χ2v) is 7.24. The maximum absolute atomic E-state index is 12.7. The van der Waals surface area contributed by atoms with Gasteiger partial charge in [0.15, 0.2) is 0 Å². The number of pyridine rings is 1. The molecule has 7 nitrogen and oxygen atoms in total. The molecule has 1 amide bonds. The van der Waals surface area contributed by atoms with E-state index < -0.39 is 0 Å². The summed E-state index contributed by atoms with van der Waals surface area (Å²) in [5.74, 6) is 0.720. The van der Waals surface area contributed by atoms with E-state index in [0.29, 0.717) is 31.7 Å². The summed E-state index contributed by atoms with van der Waals surface area (Å²) in [5, 5.41) is 12.8.